The summed E-state index contributed by atoms with van der Waals surface area (Å²) in [6, 6.07) is 12.6. The van der Waals surface area contributed by atoms with Crippen LogP contribution in [-0.4, -0.2) is 18.2 Å². The number of unbranched alkanes of at least 4 members (excludes halogenated alkanes) is 1. The number of nitrogens with zero attached hydrogens (tertiary/aromatic N) is 1. The lowest BCUT2D eigenvalue weighted by atomic mass is 10.0. The molecule has 0 saturated heterocycles. The molecular formula is C21H20ClNO2. The van der Waals surface area contributed by atoms with E-state index in [9.17, 15) is 9.59 Å². The quantitative estimate of drug-likeness (QED) is 0.556. The minimum absolute atomic E-state index is 0.101. The molecule has 128 valence electrons. The van der Waals surface area contributed by atoms with E-state index in [1.807, 2.05) is 25.1 Å². The molecule has 1 aliphatic heterocycles. The van der Waals surface area contributed by atoms with Gasteiger partial charge in [0.05, 0.1) is 11.3 Å². The maximum atomic E-state index is 12.9. The van der Waals surface area contributed by atoms with E-state index in [4.69, 9.17) is 11.6 Å². The highest BCUT2D eigenvalue weighted by Gasteiger charge is 2.32. The summed E-state index contributed by atoms with van der Waals surface area (Å²) < 4.78 is 0. The standard InChI is InChI=1S/C21H20ClNO2/c1-3-4-11-23-19-10-5-14(2)12-17(19)18(21(23)25)13-20(24)15-6-8-16(22)9-7-15/h5-10,12-13H,3-4,11H2,1-2H3/b18-13+. The Hall–Kier alpha value is -2.39. The van der Waals surface area contributed by atoms with Crippen molar-refractivity contribution in [3.63, 3.8) is 0 Å². The highest BCUT2D eigenvalue weighted by atomic mass is 35.5. The number of aryl methyl sites for hydroxylation is 1. The molecule has 2 aromatic carbocycles. The fourth-order valence-corrected chi connectivity index (χ4v) is 3.10. The maximum absolute atomic E-state index is 12.9. The summed E-state index contributed by atoms with van der Waals surface area (Å²) in [5.74, 6) is -0.291. The highest BCUT2D eigenvalue weighted by molar-refractivity contribution is 6.36. The molecule has 4 heteroatoms. The van der Waals surface area contributed by atoms with Crippen molar-refractivity contribution in [3.8, 4) is 0 Å². The molecule has 0 N–H and O–H groups in total. The molecule has 0 spiro atoms. The Morgan fingerprint density at radius 2 is 1.88 bits per heavy atom. The second-order valence-corrected chi connectivity index (χ2v) is 6.70. The number of halogens is 1. The van der Waals surface area contributed by atoms with E-state index in [0.717, 1.165) is 29.7 Å². The molecule has 3 rings (SSSR count). The van der Waals surface area contributed by atoms with Crippen molar-refractivity contribution in [2.24, 2.45) is 0 Å². The lowest BCUT2D eigenvalue weighted by Gasteiger charge is -2.16. The van der Waals surface area contributed by atoms with Crippen LogP contribution in [0.2, 0.25) is 5.02 Å². The zero-order chi connectivity index (χ0) is 18.0. The first-order chi connectivity index (χ1) is 12.0. The van der Waals surface area contributed by atoms with Gasteiger partial charge < -0.3 is 4.90 Å². The number of ketones is 1. The van der Waals surface area contributed by atoms with Crippen molar-refractivity contribution < 1.29 is 9.59 Å². The molecular weight excluding hydrogens is 334 g/mol. The number of hydrogen-bond acceptors (Lipinski definition) is 2. The third-order valence-electron chi connectivity index (χ3n) is 4.35. The van der Waals surface area contributed by atoms with Crippen LogP contribution in [0.25, 0.3) is 5.57 Å². The fraction of sp³-hybridized carbons (Fsp3) is 0.238. The molecule has 0 fully saturated rings. The largest absolute Gasteiger partial charge is 0.308 e. The van der Waals surface area contributed by atoms with E-state index in [2.05, 4.69) is 6.92 Å². The van der Waals surface area contributed by atoms with Crippen LogP contribution in [-0.2, 0) is 4.79 Å². The minimum Gasteiger partial charge on any atom is -0.308 e. The molecule has 0 aromatic heterocycles. The summed E-state index contributed by atoms with van der Waals surface area (Å²) in [5.41, 5.74) is 3.78. The van der Waals surface area contributed by atoms with Crippen molar-refractivity contribution in [1.82, 2.24) is 0 Å². The first-order valence-corrected chi connectivity index (χ1v) is 8.83. The average molecular weight is 354 g/mol. The molecule has 1 amide bonds. The summed E-state index contributed by atoms with van der Waals surface area (Å²) in [5, 5.41) is 0.577. The number of carbonyl (C=O) groups is 2. The lowest BCUT2D eigenvalue weighted by Crippen LogP contribution is -2.27. The van der Waals surface area contributed by atoms with Gasteiger partial charge in [-0.3, -0.25) is 9.59 Å². The first kappa shape index (κ1) is 17.4. The Morgan fingerprint density at radius 3 is 2.56 bits per heavy atom. The van der Waals surface area contributed by atoms with E-state index in [0.29, 0.717) is 22.7 Å². The van der Waals surface area contributed by atoms with Crippen LogP contribution in [0.4, 0.5) is 5.69 Å². The summed E-state index contributed by atoms with van der Waals surface area (Å²) in [7, 11) is 0. The van der Waals surface area contributed by atoms with E-state index in [1.165, 1.54) is 6.08 Å². The number of amides is 1. The zero-order valence-corrected chi connectivity index (χ0v) is 15.1. The minimum atomic E-state index is -0.190. The molecule has 25 heavy (non-hydrogen) atoms. The van der Waals surface area contributed by atoms with Crippen molar-refractivity contribution in [1.29, 1.82) is 0 Å². The van der Waals surface area contributed by atoms with Crippen LogP contribution in [0.15, 0.2) is 48.5 Å². The van der Waals surface area contributed by atoms with Gasteiger partial charge in [0.2, 0.25) is 0 Å². The Balaban J connectivity index is 2.00. The molecule has 2 aromatic rings. The number of benzene rings is 2. The van der Waals surface area contributed by atoms with Crippen molar-refractivity contribution in [3.05, 3.63) is 70.3 Å². The molecule has 1 heterocycles. The number of rotatable bonds is 5. The zero-order valence-electron chi connectivity index (χ0n) is 14.4. The van der Waals surface area contributed by atoms with Crippen LogP contribution in [0.3, 0.4) is 0 Å². The van der Waals surface area contributed by atoms with Gasteiger partial charge in [-0.05, 0) is 55.8 Å². The summed E-state index contributed by atoms with van der Waals surface area (Å²) in [4.78, 5) is 27.2. The van der Waals surface area contributed by atoms with Crippen molar-refractivity contribution in [2.75, 3.05) is 11.4 Å². The maximum Gasteiger partial charge on any atom is 0.259 e. The van der Waals surface area contributed by atoms with Crippen LogP contribution in [0, 0.1) is 6.92 Å². The predicted molar refractivity (Wildman–Crippen MR) is 102 cm³/mol. The van der Waals surface area contributed by atoms with Crippen LogP contribution < -0.4 is 4.90 Å². The van der Waals surface area contributed by atoms with Gasteiger partial charge >= 0.3 is 0 Å². The Bertz CT molecular complexity index is 853. The third-order valence-corrected chi connectivity index (χ3v) is 4.60. The smallest absolute Gasteiger partial charge is 0.259 e. The Labute approximate surface area is 152 Å². The molecule has 0 unspecified atom stereocenters. The van der Waals surface area contributed by atoms with Crippen LogP contribution in [0.1, 0.15) is 41.3 Å². The van der Waals surface area contributed by atoms with Gasteiger partial charge in [-0.1, -0.05) is 36.6 Å². The Morgan fingerprint density at radius 1 is 1.16 bits per heavy atom. The van der Waals surface area contributed by atoms with Gasteiger partial charge in [0.15, 0.2) is 5.78 Å². The number of fused-ring (bicyclic) bond motifs is 1. The van der Waals surface area contributed by atoms with Gasteiger partial charge in [-0.25, -0.2) is 0 Å². The van der Waals surface area contributed by atoms with Gasteiger partial charge in [0.25, 0.3) is 5.91 Å². The second kappa shape index (κ2) is 7.24. The normalized spacial score (nSPS) is 14.9. The number of allylic oxidation sites excluding steroid dienone is 1. The Kier molecular flexibility index (Phi) is 5.05. The van der Waals surface area contributed by atoms with E-state index >= 15 is 0 Å². The molecule has 1 aliphatic rings. The van der Waals surface area contributed by atoms with Gasteiger partial charge in [-0.15, -0.1) is 0 Å². The van der Waals surface area contributed by atoms with Crippen molar-refractivity contribution in [2.45, 2.75) is 26.7 Å². The highest BCUT2D eigenvalue weighted by Crippen LogP contribution is 2.37. The number of anilines is 1. The number of carbonyl (C=O) groups excluding carboxylic acids is 2. The SMILES string of the molecule is CCCCN1C(=O)/C(=C/C(=O)c2ccc(Cl)cc2)c2cc(C)ccc21. The van der Waals surface area contributed by atoms with Crippen LogP contribution in [0.5, 0.6) is 0 Å². The summed E-state index contributed by atoms with van der Waals surface area (Å²) in [6.45, 7) is 4.74. The molecule has 0 radical (unpaired) electrons. The summed E-state index contributed by atoms with van der Waals surface area (Å²) >= 11 is 5.87. The molecule has 0 bridgehead atoms. The topological polar surface area (TPSA) is 37.4 Å². The van der Waals surface area contributed by atoms with Gasteiger partial charge in [0, 0.05) is 22.7 Å². The molecule has 0 aliphatic carbocycles. The molecule has 0 saturated carbocycles. The summed E-state index contributed by atoms with van der Waals surface area (Å²) in [6.07, 6.45) is 3.39. The van der Waals surface area contributed by atoms with Crippen molar-refractivity contribution >= 4 is 34.6 Å². The van der Waals surface area contributed by atoms with Gasteiger partial charge in [-0.2, -0.15) is 0 Å². The van der Waals surface area contributed by atoms with E-state index < -0.39 is 0 Å². The lowest BCUT2D eigenvalue weighted by molar-refractivity contribution is -0.113. The van der Waals surface area contributed by atoms with E-state index in [1.54, 1.807) is 29.2 Å². The predicted octanol–water partition coefficient (Wildman–Crippen LogP) is 5.06. The first-order valence-electron chi connectivity index (χ1n) is 8.45. The van der Waals surface area contributed by atoms with Gasteiger partial charge in [0.1, 0.15) is 0 Å². The third kappa shape index (κ3) is 3.52. The molecule has 0 atom stereocenters. The van der Waals surface area contributed by atoms with E-state index in [-0.39, 0.29) is 11.7 Å². The fourth-order valence-electron chi connectivity index (χ4n) is 2.98. The average Bonchev–Trinajstić information content (AvgIpc) is 2.85. The monoisotopic (exact) mass is 353 g/mol. The molecule has 3 nitrogen and oxygen atoms in total. The van der Waals surface area contributed by atoms with Crippen LogP contribution >= 0.6 is 11.6 Å². The number of hydrogen-bond donors (Lipinski definition) is 0. The second-order valence-electron chi connectivity index (χ2n) is 6.26.